The smallest absolute Gasteiger partial charge is 0.0255 e. The minimum Gasteiger partial charge on any atom is -0.102 e. The van der Waals surface area contributed by atoms with Crippen molar-refractivity contribution in [3.05, 3.63) is 6.92 Å². The zero-order chi connectivity index (χ0) is 6.62. The molecule has 8 heavy (non-hydrogen) atoms. The Morgan fingerprint density at radius 1 is 1.50 bits per heavy atom. The molecule has 0 atom stereocenters. The molecule has 45 valence electrons. The van der Waals surface area contributed by atoms with Gasteiger partial charge in [-0.1, -0.05) is 12.8 Å². The maximum absolute atomic E-state index is 3.46. The standard InChI is InChI=1S/C8H13/c1-5-7-8(3,4)6-2/h1,6H2,2-4H3. The van der Waals surface area contributed by atoms with Gasteiger partial charge in [0.05, 0.1) is 0 Å². The predicted octanol–water partition coefficient (Wildman–Crippen LogP) is 2.26. The van der Waals surface area contributed by atoms with Gasteiger partial charge in [-0.25, -0.2) is 0 Å². The molecular weight excluding hydrogens is 96.1 g/mol. The van der Waals surface area contributed by atoms with E-state index in [1.165, 1.54) is 0 Å². The van der Waals surface area contributed by atoms with Gasteiger partial charge in [0, 0.05) is 12.3 Å². The second kappa shape index (κ2) is 2.77. The van der Waals surface area contributed by atoms with Crippen LogP contribution in [0.25, 0.3) is 0 Å². The summed E-state index contributed by atoms with van der Waals surface area (Å²) in [6.45, 7) is 9.82. The third-order valence-electron chi connectivity index (χ3n) is 1.31. The Labute approximate surface area is 52.3 Å². The first-order chi connectivity index (χ1) is 3.62. The minimum atomic E-state index is 0.168. The fourth-order valence-corrected chi connectivity index (χ4v) is 0.328. The van der Waals surface area contributed by atoms with Crippen molar-refractivity contribution >= 4 is 0 Å². The second-order valence-electron chi connectivity index (χ2n) is 2.54. The molecule has 0 nitrogen and oxygen atoms in total. The summed E-state index contributed by atoms with van der Waals surface area (Å²) in [5.41, 5.74) is 0.168. The molecule has 0 aliphatic carbocycles. The SMILES string of the molecule is [CH2]C#CC(C)(C)CC. The highest BCUT2D eigenvalue weighted by atomic mass is 14.1. The average molecular weight is 109 g/mol. The van der Waals surface area contributed by atoms with Gasteiger partial charge in [0.2, 0.25) is 0 Å². The lowest BCUT2D eigenvalue weighted by Gasteiger charge is -2.12. The van der Waals surface area contributed by atoms with Crippen molar-refractivity contribution in [2.45, 2.75) is 27.2 Å². The number of hydrogen-bond donors (Lipinski definition) is 0. The van der Waals surface area contributed by atoms with Crippen molar-refractivity contribution < 1.29 is 0 Å². The van der Waals surface area contributed by atoms with E-state index in [4.69, 9.17) is 0 Å². The van der Waals surface area contributed by atoms with E-state index in [1.54, 1.807) is 0 Å². The molecule has 0 bridgehead atoms. The van der Waals surface area contributed by atoms with Gasteiger partial charge in [-0.2, -0.15) is 0 Å². The zero-order valence-corrected chi connectivity index (χ0v) is 5.91. The third-order valence-corrected chi connectivity index (χ3v) is 1.31. The van der Waals surface area contributed by atoms with Gasteiger partial charge >= 0.3 is 0 Å². The van der Waals surface area contributed by atoms with Crippen LogP contribution in [-0.2, 0) is 0 Å². The van der Waals surface area contributed by atoms with E-state index in [9.17, 15) is 0 Å². The Balaban J connectivity index is 3.85. The van der Waals surface area contributed by atoms with Gasteiger partial charge in [-0.15, -0.1) is 5.92 Å². The summed E-state index contributed by atoms with van der Waals surface area (Å²) >= 11 is 0. The normalized spacial score (nSPS) is 10.0. The van der Waals surface area contributed by atoms with Crippen LogP contribution in [0, 0.1) is 24.2 Å². The Morgan fingerprint density at radius 2 is 2.00 bits per heavy atom. The van der Waals surface area contributed by atoms with Crippen LogP contribution in [0.1, 0.15) is 27.2 Å². The van der Waals surface area contributed by atoms with E-state index in [-0.39, 0.29) is 5.41 Å². The van der Waals surface area contributed by atoms with Crippen LogP contribution < -0.4 is 0 Å². The van der Waals surface area contributed by atoms with Crippen molar-refractivity contribution in [3.63, 3.8) is 0 Å². The van der Waals surface area contributed by atoms with E-state index in [0.29, 0.717) is 0 Å². The van der Waals surface area contributed by atoms with Crippen LogP contribution in [0.15, 0.2) is 0 Å². The van der Waals surface area contributed by atoms with Crippen LogP contribution in [-0.4, -0.2) is 0 Å². The van der Waals surface area contributed by atoms with Gasteiger partial charge in [0.15, 0.2) is 0 Å². The van der Waals surface area contributed by atoms with Crippen molar-refractivity contribution in [3.8, 4) is 11.8 Å². The molecule has 0 saturated carbocycles. The zero-order valence-electron chi connectivity index (χ0n) is 5.91. The minimum absolute atomic E-state index is 0.168. The topological polar surface area (TPSA) is 0 Å². The van der Waals surface area contributed by atoms with E-state index in [2.05, 4.69) is 39.5 Å². The lowest BCUT2D eigenvalue weighted by molar-refractivity contribution is 0.485. The molecule has 0 aliphatic rings. The molecule has 0 fully saturated rings. The molecule has 0 spiro atoms. The van der Waals surface area contributed by atoms with Gasteiger partial charge in [0.25, 0.3) is 0 Å². The molecule has 0 heteroatoms. The Bertz CT molecular complexity index is 110. The van der Waals surface area contributed by atoms with Crippen LogP contribution in [0.4, 0.5) is 0 Å². The summed E-state index contributed by atoms with van der Waals surface area (Å²) in [6.07, 6.45) is 1.09. The second-order valence-corrected chi connectivity index (χ2v) is 2.54. The molecule has 1 radical (unpaired) electrons. The molecule has 0 saturated heterocycles. The molecule has 0 heterocycles. The largest absolute Gasteiger partial charge is 0.102 e. The molecule has 0 aromatic heterocycles. The van der Waals surface area contributed by atoms with E-state index >= 15 is 0 Å². The van der Waals surface area contributed by atoms with Crippen LogP contribution in [0.2, 0.25) is 0 Å². The van der Waals surface area contributed by atoms with Gasteiger partial charge in [0.1, 0.15) is 0 Å². The predicted molar refractivity (Wildman–Crippen MR) is 37.2 cm³/mol. The van der Waals surface area contributed by atoms with Gasteiger partial charge in [-0.05, 0) is 20.3 Å². The maximum Gasteiger partial charge on any atom is 0.0255 e. The average Bonchev–Trinajstić information content (AvgIpc) is 1.67. The summed E-state index contributed by atoms with van der Waals surface area (Å²) in [5.74, 6) is 5.67. The molecule has 0 N–H and O–H groups in total. The van der Waals surface area contributed by atoms with Crippen molar-refractivity contribution in [1.82, 2.24) is 0 Å². The highest BCUT2D eigenvalue weighted by molar-refractivity contribution is 5.09. The molecule has 0 aromatic rings. The van der Waals surface area contributed by atoms with E-state index < -0.39 is 0 Å². The fourth-order valence-electron chi connectivity index (χ4n) is 0.328. The molecule has 0 aliphatic heterocycles. The summed E-state index contributed by atoms with van der Waals surface area (Å²) in [5, 5.41) is 0. The highest BCUT2D eigenvalue weighted by Crippen LogP contribution is 2.16. The van der Waals surface area contributed by atoms with Crippen LogP contribution in [0.3, 0.4) is 0 Å². The first-order valence-corrected chi connectivity index (χ1v) is 2.91. The lowest BCUT2D eigenvalue weighted by atomic mass is 9.91. The van der Waals surface area contributed by atoms with Gasteiger partial charge in [-0.3, -0.25) is 0 Å². The summed E-state index contributed by atoms with van der Waals surface area (Å²) in [4.78, 5) is 0. The Kier molecular flexibility index (Phi) is 2.62. The van der Waals surface area contributed by atoms with Crippen LogP contribution in [0.5, 0.6) is 0 Å². The molecule has 0 aromatic carbocycles. The number of hydrogen-bond acceptors (Lipinski definition) is 0. The molecule has 0 unspecified atom stereocenters. The molecule has 0 amide bonds. The van der Waals surface area contributed by atoms with Crippen LogP contribution >= 0.6 is 0 Å². The Morgan fingerprint density at radius 3 is 2.12 bits per heavy atom. The Hall–Kier alpha value is -0.440. The van der Waals surface area contributed by atoms with E-state index in [1.807, 2.05) is 0 Å². The summed E-state index contributed by atoms with van der Waals surface area (Å²) < 4.78 is 0. The lowest BCUT2D eigenvalue weighted by Crippen LogP contribution is -2.04. The monoisotopic (exact) mass is 109 g/mol. The molecular formula is C8H13. The third kappa shape index (κ3) is 2.69. The van der Waals surface area contributed by atoms with Crippen molar-refractivity contribution in [2.75, 3.05) is 0 Å². The number of rotatable bonds is 1. The van der Waals surface area contributed by atoms with Crippen molar-refractivity contribution in [2.24, 2.45) is 5.41 Å². The van der Waals surface area contributed by atoms with Crippen molar-refractivity contribution in [1.29, 1.82) is 0 Å². The summed E-state index contributed by atoms with van der Waals surface area (Å²) in [6, 6.07) is 0. The first kappa shape index (κ1) is 7.56. The summed E-state index contributed by atoms with van der Waals surface area (Å²) in [7, 11) is 0. The quantitative estimate of drug-likeness (QED) is 0.453. The fraction of sp³-hybridized carbons (Fsp3) is 0.625. The molecule has 0 rings (SSSR count). The highest BCUT2D eigenvalue weighted by Gasteiger charge is 2.08. The van der Waals surface area contributed by atoms with E-state index in [0.717, 1.165) is 6.42 Å². The van der Waals surface area contributed by atoms with Gasteiger partial charge < -0.3 is 0 Å². The maximum atomic E-state index is 3.46. The first-order valence-electron chi connectivity index (χ1n) is 2.91.